The molecule has 3 N–H and O–H groups in total. The Hall–Kier alpha value is -1.27. The van der Waals surface area contributed by atoms with E-state index in [4.69, 9.17) is 15.6 Å². The van der Waals surface area contributed by atoms with E-state index in [2.05, 4.69) is 4.98 Å². The van der Waals surface area contributed by atoms with Gasteiger partial charge in [-0.3, -0.25) is 0 Å². The molecule has 1 heterocycles. The van der Waals surface area contributed by atoms with E-state index in [1.807, 2.05) is 0 Å². The molecule has 0 aliphatic rings. The van der Waals surface area contributed by atoms with Gasteiger partial charge in [-0.1, -0.05) is 0 Å². The maximum atomic E-state index is 10.6. The normalized spacial score (nSPS) is 10.3. The van der Waals surface area contributed by atoms with Gasteiger partial charge in [-0.05, 0) is 12.5 Å². The third-order valence-electron chi connectivity index (χ3n) is 1.86. The predicted molar refractivity (Wildman–Crippen MR) is 62.8 cm³/mol. The fraction of sp³-hybridized carbons (Fsp3) is 0.400. The predicted octanol–water partition coefficient (Wildman–Crippen LogP) is 1.49. The van der Waals surface area contributed by atoms with Crippen molar-refractivity contribution in [2.24, 2.45) is 0 Å². The fourth-order valence-corrected chi connectivity index (χ4v) is 1.89. The van der Waals surface area contributed by atoms with Gasteiger partial charge in [-0.2, -0.15) is 0 Å². The summed E-state index contributed by atoms with van der Waals surface area (Å²) < 4.78 is 4.92. The number of anilines is 1. The Morgan fingerprint density at radius 2 is 2.44 bits per heavy atom. The standard InChI is InChI=1S/C10H14N2O3S/c1-15-3-2-4-16-9-8(11)5-7(6-12-9)10(13)14/h5-6H,2-4,11H2,1H3,(H,13,14). The highest BCUT2D eigenvalue weighted by Gasteiger charge is 2.07. The molecule has 1 aromatic heterocycles. The van der Waals surface area contributed by atoms with Crippen LogP contribution in [0.2, 0.25) is 0 Å². The summed E-state index contributed by atoms with van der Waals surface area (Å²) in [4.78, 5) is 14.7. The molecule has 0 saturated heterocycles. The Bertz CT molecular complexity index is 371. The number of carbonyl (C=O) groups is 1. The lowest BCUT2D eigenvalue weighted by Gasteiger charge is -2.04. The van der Waals surface area contributed by atoms with Crippen LogP contribution in [-0.4, -0.2) is 35.5 Å². The molecule has 1 rings (SSSR count). The third-order valence-corrected chi connectivity index (χ3v) is 2.96. The summed E-state index contributed by atoms with van der Waals surface area (Å²) in [6.45, 7) is 0.695. The van der Waals surface area contributed by atoms with Crippen LogP contribution in [-0.2, 0) is 4.74 Å². The number of carboxylic acid groups (broad SMARTS) is 1. The molecular weight excluding hydrogens is 228 g/mol. The van der Waals surface area contributed by atoms with Crippen molar-refractivity contribution in [1.29, 1.82) is 0 Å². The first-order valence-electron chi connectivity index (χ1n) is 4.75. The maximum Gasteiger partial charge on any atom is 0.337 e. The monoisotopic (exact) mass is 242 g/mol. The lowest BCUT2D eigenvalue weighted by Crippen LogP contribution is -2.01. The van der Waals surface area contributed by atoms with Crippen LogP contribution in [0.4, 0.5) is 5.69 Å². The summed E-state index contributed by atoms with van der Waals surface area (Å²) in [7, 11) is 1.65. The highest BCUT2D eigenvalue weighted by Crippen LogP contribution is 2.23. The lowest BCUT2D eigenvalue weighted by molar-refractivity contribution is 0.0696. The van der Waals surface area contributed by atoms with Gasteiger partial charge >= 0.3 is 5.97 Å². The quantitative estimate of drug-likeness (QED) is 0.580. The van der Waals surface area contributed by atoms with Crippen molar-refractivity contribution < 1.29 is 14.6 Å². The molecule has 0 bridgehead atoms. The molecule has 0 aliphatic carbocycles. The van der Waals surface area contributed by atoms with Gasteiger partial charge in [-0.25, -0.2) is 9.78 Å². The van der Waals surface area contributed by atoms with E-state index < -0.39 is 5.97 Å². The lowest BCUT2D eigenvalue weighted by atomic mass is 10.3. The van der Waals surface area contributed by atoms with Gasteiger partial charge in [0.1, 0.15) is 5.03 Å². The first-order chi connectivity index (χ1) is 7.65. The van der Waals surface area contributed by atoms with Gasteiger partial charge in [0.2, 0.25) is 0 Å². The third kappa shape index (κ3) is 3.71. The van der Waals surface area contributed by atoms with Crippen LogP contribution in [0, 0.1) is 0 Å². The van der Waals surface area contributed by atoms with Crippen LogP contribution in [0.25, 0.3) is 0 Å². The molecule has 0 saturated carbocycles. The number of hydrogen-bond acceptors (Lipinski definition) is 5. The molecule has 0 fully saturated rings. The number of pyridine rings is 1. The molecular formula is C10H14N2O3S. The Kier molecular flexibility index (Phi) is 5.07. The van der Waals surface area contributed by atoms with E-state index in [9.17, 15) is 4.79 Å². The minimum Gasteiger partial charge on any atom is -0.478 e. The molecule has 0 spiro atoms. The zero-order chi connectivity index (χ0) is 12.0. The summed E-state index contributed by atoms with van der Waals surface area (Å²) in [5.74, 6) is -0.174. The molecule has 0 amide bonds. The fourth-order valence-electron chi connectivity index (χ4n) is 1.08. The van der Waals surface area contributed by atoms with E-state index in [1.54, 1.807) is 7.11 Å². The Morgan fingerprint density at radius 1 is 1.69 bits per heavy atom. The Labute approximate surface area is 98.0 Å². The minimum atomic E-state index is -1.02. The molecule has 16 heavy (non-hydrogen) atoms. The average Bonchev–Trinajstić information content (AvgIpc) is 2.26. The van der Waals surface area contributed by atoms with Crippen LogP contribution in [0.1, 0.15) is 16.8 Å². The molecule has 0 aromatic carbocycles. The van der Waals surface area contributed by atoms with Gasteiger partial charge in [0, 0.05) is 25.7 Å². The summed E-state index contributed by atoms with van der Waals surface area (Å²) in [5.41, 5.74) is 6.21. The summed E-state index contributed by atoms with van der Waals surface area (Å²) in [6.07, 6.45) is 2.22. The number of aromatic nitrogens is 1. The largest absolute Gasteiger partial charge is 0.478 e. The van der Waals surface area contributed by atoms with Crippen molar-refractivity contribution in [1.82, 2.24) is 4.98 Å². The van der Waals surface area contributed by atoms with Crippen LogP contribution in [0.5, 0.6) is 0 Å². The molecule has 0 aliphatic heterocycles. The molecule has 0 radical (unpaired) electrons. The van der Waals surface area contributed by atoms with E-state index in [1.165, 1.54) is 24.0 Å². The topological polar surface area (TPSA) is 85.4 Å². The minimum absolute atomic E-state index is 0.110. The zero-order valence-electron chi connectivity index (χ0n) is 8.97. The van der Waals surface area contributed by atoms with Crippen LogP contribution in [0.15, 0.2) is 17.3 Å². The van der Waals surface area contributed by atoms with E-state index >= 15 is 0 Å². The number of thioether (sulfide) groups is 1. The SMILES string of the molecule is COCCCSc1ncc(C(=O)O)cc1N. The van der Waals surface area contributed by atoms with Gasteiger partial charge in [-0.15, -0.1) is 11.8 Å². The average molecular weight is 242 g/mol. The summed E-state index contributed by atoms with van der Waals surface area (Å²) in [6, 6.07) is 1.42. The second-order valence-electron chi connectivity index (χ2n) is 3.12. The second kappa shape index (κ2) is 6.34. The molecule has 0 atom stereocenters. The molecule has 88 valence electrons. The molecule has 5 nitrogen and oxygen atoms in total. The maximum absolute atomic E-state index is 10.6. The number of rotatable bonds is 6. The van der Waals surface area contributed by atoms with Gasteiger partial charge < -0.3 is 15.6 Å². The molecule has 6 heteroatoms. The number of nitrogen functional groups attached to an aromatic ring is 1. The van der Waals surface area contributed by atoms with Crippen molar-refractivity contribution in [2.75, 3.05) is 25.2 Å². The van der Waals surface area contributed by atoms with E-state index in [0.717, 1.165) is 12.2 Å². The van der Waals surface area contributed by atoms with Crippen molar-refractivity contribution in [3.63, 3.8) is 0 Å². The number of aromatic carboxylic acids is 1. The number of methoxy groups -OCH3 is 1. The Morgan fingerprint density at radius 3 is 3.00 bits per heavy atom. The zero-order valence-corrected chi connectivity index (χ0v) is 9.79. The van der Waals surface area contributed by atoms with Crippen LogP contribution < -0.4 is 5.73 Å². The first kappa shape index (κ1) is 12.8. The van der Waals surface area contributed by atoms with Crippen LogP contribution >= 0.6 is 11.8 Å². The Balaban J connectivity index is 2.57. The second-order valence-corrected chi connectivity index (χ2v) is 4.20. The highest BCUT2D eigenvalue weighted by molar-refractivity contribution is 7.99. The molecule has 1 aromatic rings. The van der Waals surface area contributed by atoms with E-state index in [-0.39, 0.29) is 5.56 Å². The smallest absolute Gasteiger partial charge is 0.337 e. The highest BCUT2D eigenvalue weighted by atomic mass is 32.2. The summed E-state index contributed by atoms with van der Waals surface area (Å²) in [5, 5.41) is 9.39. The number of carboxylic acids is 1. The van der Waals surface area contributed by atoms with Gasteiger partial charge in [0.25, 0.3) is 0 Å². The first-order valence-corrected chi connectivity index (χ1v) is 5.74. The van der Waals surface area contributed by atoms with Crippen molar-refractivity contribution in [3.8, 4) is 0 Å². The van der Waals surface area contributed by atoms with Crippen molar-refractivity contribution in [3.05, 3.63) is 17.8 Å². The van der Waals surface area contributed by atoms with Gasteiger partial charge in [0.05, 0.1) is 11.3 Å². The summed E-state index contributed by atoms with van der Waals surface area (Å²) >= 11 is 1.50. The van der Waals surface area contributed by atoms with Gasteiger partial charge in [0.15, 0.2) is 0 Å². The number of nitrogens with zero attached hydrogens (tertiary/aromatic N) is 1. The van der Waals surface area contributed by atoms with Crippen LogP contribution in [0.3, 0.4) is 0 Å². The number of nitrogens with two attached hydrogens (primary N) is 1. The number of hydrogen-bond donors (Lipinski definition) is 2. The number of ether oxygens (including phenoxy) is 1. The van der Waals surface area contributed by atoms with E-state index in [0.29, 0.717) is 17.3 Å². The van der Waals surface area contributed by atoms with Crippen molar-refractivity contribution in [2.45, 2.75) is 11.4 Å². The molecule has 0 unspecified atom stereocenters. The van der Waals surface area contributed by atoms with Crippen molar-refractivity contribution >= 4 is 23.4 Å².